The molecule has 4 N–H and O–H groups in total. The van der Waals surface area contributed by atoms with Crippen molar-refractivity contribution in [1.29, 1.82) is 0 Å². The quantitative estimate of drug-likeness (QED) is 0.761. The summed E-state index contributed by atoms with van der Waals surface area (Å²) in [7, 11) is 0. The van der Waals surface area contributed by atoms with Gasteiger partial charge < -0.3 is 21.1 Å². The third-order valence-electron chi connectivity index (χ3n) is 5.46. The molecule has 2 amide bonds. The molecule has 3 aliphatic rings. The van der Waals surface area contributed by atoms with Gasteiger partial charge in [0.2, 0.25) is 5.91 Å². The van der Waals surface area contributed by atoms with E-state index in [0.717, 1.165) is 19.3 Å². The van der Waals surface area contributed by atoms with Gasteiger partial charge in [0.25, 0.3) is 5.91 Å². The van der Waals surface area contributed by atoms with Crippen LogP contribution < -0.4 is 21.1 Å². The molecule has 130 valence electrons. The topological polar surface area (TPSA) is 93.4 Å². The lowest BCUT2D eigenvalue weighted by molar-refractivity contribution is -0.123. The van der Waals surface area contributed by atoms with Crippen LogP contribution >= 0.6 is 12.4 Å². The Morgan fingerprint density at radius 2 is 2.08 bits per heavy atom. The van der Waals surface area contributed by atoms with Crippen LogP contribution in [-0.2, 0) is 9.59 Å². The molecule has 2 saturated carbocycles. The molecule has 2 aliphatic carbocycles. The molecule has 5 unspecified atom stereocenters. The first kappa shape index (κ1) is 17.0. The van der Waals surface area contributed by atoms with Crippen LogP contribution in [0.25, 0.3) is 0 Å². The summed E-state index contributed by atoms with van der Waals surface area (Å²) in [5, 5.41) is 5.74. The van der Waals surface area contributed by atoms with Gasteiger partial charge in [-0.2, -0.15) is 0 Å². The number of halogens is 1. The molecular formula is C17H22ClN3O3. The summed E-state index contributed by atoms with van der Waals surface area (Å²) in [6, 6.07) is 5.26. The maximum Gasteiger partial charge on any atom is 0.265 e. The summed E-state index contributed by atoms with van der Waals surface area (Å²) in [6.45, 7) is 1.70. The molecule has 2 fully saturated rings. The van der Waals surface area contributed by atoms with Crippen molar-refractivity contribution in [3.05, 3.63) is 18.2 Å². The summed E-state index contributed by atoms with van der Waals surface area (Å²) >= 11 is 0. The Hall–Kier alpha value is -1.79. The van der Waals surface area contributed by atoms with Crippen molar-refractivity contribution >= 4 is 35.6 Å². The Kier molecular flexibility index (Phi) is 4.44. The van der Waals surface area contributed by atoms with E-state index in [4.69, 9.17) is 10.5 Å². The third-order valence-corrected chi connectivity index (χ3v) is 5.46. The van der Waals surface area contributed by atoms with Crippen LogP contribution in [0.5, 0.6) is 5.75 Å². The summed E-state index contributed by atoms with van der Waals surface area (Å²) in [6.07, 6.45) is 2.82. The summed E-state index contributed by atoms with van der Waals surface area (Å²) < 4.78 is 5.52. The number of nitrogens with one attached hydrogen (secondary N) is 2. The molecule has 6 nitrogen and oxygen atoms in total. The van der Waals surface area contributed by atoms with Gasteiger partial charge in [0.05, 0.1) is 11.6 Å². The lowest BCUT2D eigenvalue weighted by Gasteiger charge is -2.27. The highest BCUT2D eigenvalue weighted by molar-refractivity contribution is 5.99. The number of ether oxygens (including phenoxy) is 1. The SMILES string of the molecule is CC1Oc2ccc(NC(=O)C3C4CCC(C4)C3N)cc2NC1=O.Cl. The number of benzene rings is 1. The lowest BCUT2D eigenvalue weighted by Crippen LogP contribution is -2.42. The third kappa shape index (κ3) is 2.74. The van der Waals surface area contributed by atoms with Crippen molar-refractivity contribution in [3.63, 3.8) is 0 Å². The van der Waals surface area contributed by atoms with Crippen LogP contribution in [0.15, 0.2) is 18.2 Å². The zero-order valence-corrected chi connectivity index (χ0v) is 14.3. The Bertz CT molecular complexity index is 679. The predicted molar refractivity (Wildman–Crippen MR) is 93.3 cm³/mol. The van der Waals surface area contributed by atoms with Gasteiger partial charge in [-0.25, -0.2) is 0 Å². The fourth-order valence-corrected chi connectivity index (χ4v) is 4.24. The second-order valence-electron chi connectivity index (χ2n) is 6.89. The predicted octanol–water partition coefficient (Wildman–Crippen LogP) is 2.14. The number of nitrogens with two attached hydrogens (primary N) is 1. The number of fused-ring (bicyclic) bond motifs is 3. The zero-order chi connectivity index (χ0) is 16.1. The van der Waals surface area contributed by atoms with Gasteiger partial charge in [-0.05, 0) is 56.2 Å². The highest BCUT2D eigenvalue weighted by Gasteiger charge is 2.49. The number of hydrogen-bond donors (Lipinski definition) is 3. The standard InChI is InChI=1S/C17H21N3O3.ClH/c1-8-16(21)20-12-7-11(4-5-13(12)23-8)19-17(22)14-9-2-3-10(6-9)15(14)18;/h4-5,7-10,14-15H,2-3,6,18H2,1H3,(H,19,22)(H,20,21);1H. The van der Waals surface area contributed by atoms with E-state index in [-0.39, 0.29) is 36.2 Å². The average molecular weight is 352 g/mol. The van der Waals surface area contributed by atoms with E-state index in [1.165, 1.54) is 0 Å². The number of rotatable bonds is 2. The van der Waals surface area contributed by atoms with Crippen LogP contribution in [0.2, 0.25) is 0 Å². The Labute approximate surface area is 146 Å². The minimum Gasteiger partial charge on any atom is -0.479 e. The van der Waals surface area contributed by atoms with Crippen molar-refractivity contribution in [2.24, 2.45) is 23.5 Å². The van der Waals surface area contributed by atoms with Gasteiger partial charge in [-0.15, -0.1) is 12.4 Å². The van der Waals surface area contributed by atoms with E-state index < -0.39 is 6.10 Å². The highest BCUT2D eigenvalue weighted by Crippen LogP contribution is 2.48. The Balaban J connectivity index is 0.00000169. The van der Waals surface area contributed by atoms with E-state index in [9.17, 15) is 9.59 Å². The molecule has 0 aromatic heterocycles. The second kappa shape index (κ2) is 6.26. The minimum absolute atomic E-state index is 0. The van der Waals surface area contributed by atoms with Crippen LogP contribution in [0.4, 0.5) is 11.4 Å². The second-order valence-corrected chi connectivity index (χ2v) is 6.89. The van der Waals surface area contributed by atoms with Gasteiger partial charge in [-0.1, -0.05) is 0 Å². The largest absolute Gasteiger partial charge is 0.479 e. The van der Waals surface area contributed by atoms with E-state index >= 15 is 0 Å². The molecule has 1 aromatic carbocycles. The maximum absolute atomic E-state index is 12.6. The molecule has 4 rings (SSSR count). The maximum atomic E-state index is 12.6. The molecular weight excluding hydrogens is 330 g/mol. The van der Waals surface area contributed by atoms with Crippen molar-refractivity contribution in [3.8, 4) is 5.75 Å². The normalized spacial score (nSPS) is 33.1. The van der Waals surface area contributed by atoms with Gasteiger partial charge in [0, 0.05) is 11.7 Å². The van der Waals surface area contributed by atoms with Crippen molar-refractivity contribution in [2.45, 2.75) is 38.3 Å². The monoisotopic (exact) mass is 351 g/mol. The number of anilines is 2. The van der Waals surface area contributed by atoms with E-state index in [0.29, 0.717) is 29.0 Å². The van der Waals surface area contributed by atoms with Crippen LogP contribution in [-0.4, -0.2) is 24.0 Å². The van der Waals surface area contributed by atoms with Crippen molar-refractivity contribution in [1.82, 2.24) is 0 Å². The molecule has 5 atom stereocenters. The van der Waals surface area contributed by atoms with Crippen LogP contribution in [0.3, 0.4) is 0 Å². The van der Waals surface area contributed by atoms with Gasteiger partial charge in [-0.3, -0.25) is 9.59 Å². The van der Waals surface area contributed by atoms with E-state index in [2.05, 4.69) is 10.6 Å². The number of carbonyl (C=O) groups is 2. The summed E-state index contributed by atoms with van der Waals surface area (Å²) in [4.78, 5) is 24.3. The number of carbonyl (C=O) groups excluding carboxylic acids is 2. The van der Waals surface area contributed by atoms with E-state index in [1.54, 1.807) is 25.1 Å². The molecule has 24 heavy (non-hydrogen) atoms. The lowest BCUT2D eigenvalue weighted by atomic mass is 9.84. The minimum atomic E-state index is -0.505. The zero-order valence-electron chi connectivity index (χ0n) is 13.5. The van der Waals surface area contributed by atoms with Gasteiger partial charge >= 0.3 is 0 Å². The Morgan fingerprint density at radius 3 is 2.79 bits per heavy atom. The molecule has 1 aliphatic heterocycles. The highest BCUT2D eigenvalue weighted by atomic mass is 35.5. The fraction of sp³-hybridized carbons (Fsp3) is 0.529. The van der Waals surface area contributed by atoms with Crippen LogP contribution in [0, 0.1) is 17.8 Å². The molecule has 0 saturated heterocycles. The van der Waals surface area contributed by atoms with Crippen LogP contribution in [0.1, 0.15) is 26.2 Å². The smallest absolute Gasteiger partial charge is 0.265 e. The molecule has 0 spiro atoms. The first-order valence-electron chi connectivity index (χ1n) is 8.21. The average Bonchev–Trinajstić information content (AvgIpc) is 3.09. The number of amides is 2. The van der Waals surface area contributed by atoms with Crippen molar-refractivity contribution in [2.75, 3.05) is 10.6 Å². The van der Waals surface area contributed by atoms with Gasteiger partial charge in [0.15, 0.2) is 6.10 Å². The van der Waals surface area contributed by atoms with Crippen molar-refractivity contribution < 1.29 is 14.3 Å². The van der Waals surface area contributed by atoms with E-state index in [1.807, 2.05) is 0 Å². The molecule has 0 radical (unpaired) electrons. The fourth-order valence-electron chi connectivity index (χ4n) is 4.24. The number of hydrogen-bond acceptors (Lipinski definition) is 4. The molecule has 1 heterocycles. The molecule has 1 aromatic rings. The summed E-state index contributed by atoms with van der Waals surface area (Å²) in [5.41, 5.74) is 7.47. The Morgan fingerprint density at radius 1 is 1.33 bits per heavy atom. The molecule has 2 bridgehead atoms. The van der Waals surface area contributed by atoms with Gasteiger partial charge in [0.1, 0.15) is 5.75 Å². The first-order valence-corrected chi connectivity index (χ1v) is 8.21. The first-order chi connectivity index (χ1) is 11.0. The molecule has 7 heteroatoms. The summed E-state index contributed by atoms with van der Waals surface area (Å²) in [5.74, 6) is 1.23.